The number of benzene rings is 2. The monoisotopic (exact) mass is 429 g/mol. The van der Waals surface area contributed by atoms with Crippen molar-refractivity contribution in [3.05, 3.63) is 71.1 Å². The van der Waals surface area contributed by atoms with Gasteiger partial charge >= 0.3 is 12.0 Å². The molecule has 0 aliphatic heterocycles. The molecule has 2 amide bonds. The smallest absolute Gasteiger partial charge is 0.340 e. The molecule has 0 aliphatic carbocycles. The van der Waals surface area contributed by atoms with E-state index < -0.39 is 21.8 Å². The largest absolute Gasteiger partial charge is 0.462 e. The number of nitrogens with zero attached hydrogens (tertiary/aromatic N) is 1. The van der Waals surface area contributed by atoms with Gasteiger partial charge in [-0.15, -0.1) is 0 Å². The standard InChI is InChI=1S/C21H23N3O5S/c1-4-29-20(25)19(14-30(27,28)18-12-10-15(2)11-13-18)16(3)23-24-21(26)22-17-8-6-5-7-9-17/h5-14H,4H2,1-3H3,(H2,22,24,26)/b19-14-,23-16+. The van der Waals surface area contributed by atoms with Crippen LogP contribution in [0.2, 0.25) is 0 Å². The van der Waals surface area contributed by atoms with Crippen LogP contribution in [0.4, 0.5) is 10.5 Å². The Hall–Kier alpha value is -3.46. The second-order valence-electron chi connectivity index (χ2n) is 6.24. The van der Waals surface area contributed by atoms with Gasteiger partial charge in [-0.2, -0.15) is 5.10 Å². The van der Waals surface area contributed by atoms with E-state index in [4.69, 9.17) is 4.74 Å². The van der Waals surface area contributed by atoms with Crippen LogP contribution in [0.5, 0.6) is 0 Å². The Bertz CT molecular complexity index is 1060. The fourth-order valence-electron chi connectivity index (χ4n) is 2.32. The Kier molecular flexibility index (Phi) is 7.88. The van der Waals surface area contributed by atoms with E-state index in [1.54, 1.807) is 49.4 Å². The van der Waals surface area contributed by atoms with Gasteiger partial charge in [0.1, 0.15) is 0 Å². The van der Waals surface area contributed by atoms with Gasteiger partial charge in [0.05, 0.1) is 28.2 Å². The number of rotatable bonds is 7. The van der Waals surface area contributed by atoms with Crippen LogP contribution in [0.3, 0.4) is 0 Å². The number of hydrazone groups is 1. The summed E-state index contributed by atoms with van der Waals surface area (Å²) in [5.41, 5.74) is 3.38. The zero-order chi connectivity index (χ0) is 22.1. The van der Waals surface area contributed by atoms with Crippen LogP contribution in [-0.2, 0) is 19.4 Å². The summed E-state index contributed by atoms with van der Waals surface area (Å²) in [6.45, 7) is 4.88. The predicted molar refractivity (Wildman–Crippen MR) is 115 cm³/mol. The molecule has 0 heterocycles. The Balaban J connectivity index is 2.27. The zero-order valence-corrected chi connectivity index (χ0v) is 17.7. The van der Waals surface area contributed by atoms with E-state index in [9.17, 15) is 18.0 Å². The van der Waals surface area contributed by atoms with Gasteiger partial charge in [0.2, 0.25) is 9.84 Å². The quantitative estimate of drug-likeness (QED) is 0.303. The molecule has 0 fully saturated rings. The summed E-state index contributed by atoms with van der Waals surface area (Å²) < 4.78 is 30.4. The lowest BCUT2D eigenvalue weighted by molar-refractivity contribution is -0.137. The average molecular weight is 429 g/mol. The fraction of sp³-hybridized carbons (Fsp3) is 0.190. The maximum absolute atomic E-state index is 12.7. The van der Waals surface area contributed by atoms with E-state index in [2.05, 4.69) is 15.8 Å². The van der Waals surface area contributed by atoms with E-state index in [0.717, 1.165) is 11.0 Å². The normalized spacial score (nSPS) is 12.2. The van der Waals surface area contributed by atoms with Gasteiger partial charge in [-0.3, -0.25) is 0 Å². The number of hydrogen-bond donors (Lipinski definition) is 2. The van der Waals surface area contributed by atoms with Crippen molar-refractivity contribution < 1.29 is 22.7 Å². The summed E-state index contributed by atoms with van der Waals surface area (Å²) >= 11 is 0. The van der Waals surface area contributed by atoms with Gasteiger partial charge in [0.25, 0.3) is 0 Å². The lowest BCUT2D eigenvalue weighted by Crippen LogP contribution is -2.26. The number of anilines is 1. The van der Waals surface area contributed by atoms with E-state index in [1.165, 1.54) is 19.1 Å². The number of aryl methyl sites for hydroxylation is 1. The van der Waals surface area contributed by atoms with Gasteiger partial charge < -0.3 is 10.1 Å². The second-order valence-corrected chi connectivity index (χ2v) is 8.04. The van der Waals surface area contributed by atoms with Crippen LogP contribution in [0.1, 0.15) is 19.4 Å². The van der Waals surface area contributed by atoms with Crippen molar-refractivity contribution in [3.63, 3.8) is 0 Å². The highest BCUT2D eigenvalue weighted by Gasteiger charge is 2.21. The summed E-state index contributed by atoms with van der Waals surface area (Å²) in [5, 5.41) is 7.19. The molecular formula is C21H23N3O5S. The zero-order valence-electron chi connectivity index (χ0n) is 16.9. The molecule has 0 atom stereocenters. The highest BCUT2D eigenvalue weighted by Crippen LogP contribution is 2.16. The maximum Gasteiger partial charge on any atom is 0.340 e. The summed E-state index contributed by atoms with van der Waals surface area (Å²) in [6, 6.07) is 14.2. The van der Waals surface area contributed by atoms with E-state index in [1.807, 2.05) is 6.92 Å². The summed E-state index contributed by atoms with van der Waals surface area (Å²) in [4.78, 5) is 24.3. The topological polar surface area (TPSA) is 114 Å². The molecule has 0 aliphatic rings. The number of carbonyl (C=O) groups is 2. The Labute approximate surface area is 175 Å². The molecule has 0 saturated heterocycles. The van der Waals surface area contributed by atoms with Crippen molar-refractivity contribution in [2.75, 3.05) is 11.9 Å². The number of sulfone groups is 1. The number of para-hydroxylation sites is 1. The number of hydrogen-bond acceptors (Lipinski definition) is 6. The highest BCUT2D eigenvalue weighted by molar-refractivity contribution is 7.94. The molecule has 0 radical (unpaired) electrons. The van der Waals surface area contributed by atoms with Crippen LogP contribution in [0, 0.1) is 6.92 Å². The first kappa shape index (κ1) is 22.8. The first-order valence-corrected chi connectivity index (χ1v) is 10.6. The van der Waals surface area contributed by atoms with Crippen molar-refractivity contribution in [1.82, 2.24) is 5.43 Å². The summed E-state index contributed by atoms with van der Waals surface area (Å²) in [7, 11) is -3.94. The Morgan fingerprint density at radius 3 is 2.30 bits per heavy atom. The first-order valence-electron chi connectivity index (χ1n) is 9.10. The Morgan fingerprint density at radius 1 is 1.07 bits per heavy atom. The summed E-state index contributed by atoms with van der Waals surface area (Å²) in [6.07, 6.45) is 0. The van der Waals surface area contributed by atoms with Crippen LogP contribution >= 0.6 is 0 Å². The van der Waals surface area contributed by atoms with Crippen molar-refractivity contribution >= 4 is 33.2 Å². The number of carbonyl (C=O) groups excluding carboxylic acids is 2. The molecule has 9 heteroatoms. The number of amides is 2. The van der Waals surface area contributed by atoms with Crippen molar-refractivity contribution in [1.29, 1.82) is 0 Å². The van der Waals surface area contributed by atoms with E-state index in [-0.39, 0.29) is 22.8 Å². The van der Waals surface area contributed by atoms with Gasteiger partial charge in [0.15, 0.2) is 0 Å². The molecule has 0 unspecified atom stereocenters. The van der Waals surface area contributed by atoms with Crippen LogP contribution in [0.25, 0.3) is 0 Å². The van der Waals surface area contributed by atoms with E-state index >= 15 is 0 Å². The fourth-order valence-corrected chi connectivity index (χ4v) is 3.55. The van der Waals surface area contributed by atoms with Gasteiger partial charge in [-0.25, -0.2) is 23.4 Å². The van der Waals surface area contributed by atoms with Gasteiger partial charge in [0, 0.05) is 5.69 Å². The molecule has 30 heavy (non-hydrogen) atoms. The minimum Gasteiger partial charge on any atom is -0.462 e. The van der Waals surface area contributed by atoms with E-state index in [0.29, 0.717) is 5.69 Å². The molecule has 0 spiro atoms. The third kappa shape index (κ3) is 6.56. The van der Waals surface area contributed by atoms with Crippen molar-refractivity contribution in [3.8, 4) is 0 Å². The summed E-state index contributed by atoms with van der Waals surface area (Å²) in [5.74, 6) is -0.861. The Morgan fingerprint density at radius 2 is 1.70 bits per heavy atom. The average Bonchev–Trinajstić information content (AvgIpc) is 2.71. The molecular weight excluding hydrogens is 406 g/mol. The number of nitrogens with one attached hydrogen (secondary N) is 2. The molecule has 2 N–H and O–H groups in total. The predicted octanol–water partition coefficient (Wildman–Crippen LogP) is 3.41. The maximum atomic E-state index is 12.7. The van der Waals surface area contributed by atoms with Crippen LogP contribution < -0.4 is 10.7 Å². The lowest BCUT2D eigenvalue weighted by Gasteiger charge is -2.09. The second kappa shape index (κ2) is 10.4. The van der Waals surface area contributed by atoms with Crippen LogP contribution in [-0.4, -0.2) is 32.7 Å². The molecule has 158 valence electrons. The molecule has 2 aromatic carbocycles. The first-order chi connectivity index (χ1) is 14.2. The molecule has 0 saturated carbocycles. The molecule has 2 rings (SSSR count). The lowest BCUT2D eigenvalue weighted by atomic mass is 10.2. The third-order valence-corrected chi connectivity index (χ3v) is 5.34. The minimum absolute atomic E-state index is 0.0210. The highest BCUT2D eigenvalue weighted by atomic mass is 32.2. The number of ether oxygens (including phenoxy) is 1. The molecule has 2 aromatic rings. The minimum atomic E-state index is -3.94. The van der Waals surface area contributed by atoms with Gasteiger partial charge in [-0.1, -0.05) is 35.9 Å². The number of esters is 1. The van der Waals surface area contributed by atoms with Crippen molar-refractivity contribution in [2.24, 2.45) is 5.10 Å². The molecule has 0 aromatic heterocycles. The molecule has 0 bridgehead atoms. The van der Waals surface area contributed by atoms with Crippen molar-refractivity contribution in [2.45, 2.75) is 25.7 Å². The third-order valence-electron chi connectivity index (χ3n) is 3.86. The SMILES string of the molecule is CCOC(=O)C(=C\S(=O)(=O)c1ccc(C)cc1)/C(C)=N/NC(=O)Nc1ccccc1. The van der Waals surface area contributed by atoms with Crippen LogP contribution in [0.15, 0.2) is 75.6 Å². The molecule has 8 nitrogen and oxygen atoms in total. The number of urea groups is 1. The van der Waals surface area contributed by atoms with Gasteiger partial charge in [-0.05, 0) is 45.0 Å².